The average molecular weight is 333 g/mol. The van der Waals surface area contributed by atoms with Crippen molar-refractivity contribution in [1.29, 1.82) is 0 Å². The van der Waals surface area contributed by atoms with Crippen molar-refractivity contribution in [2.24, 2.45) is 0 Å². The topological polar surface area (TPSA) is 56.4 Å². The Morgan fingerprint density at radius 1 is 1.21 bits per heavy atom. The Morgan fingerprint density at radius 3 is 2.71 bits per heavy atom. The molecular formula is C18H27N3O3+2. The molecule has 24 heavy (non-hydrogen) atoms. The first-order chi connectivity index (χ1) is 11.7. The molecule has 3 aliphatic rings. The maximum absolute atomic E-state index is 12.2. The zero-order chi connectivity index (χ0) is 16.5. The van der Waals surface area contributed by atoms with Gasteiger partial charge in [-0.3, -0.25) is 4.79 Å². The van der Waals surface area contributed by atoms with Crippen molar-refractivity contribution < 1.29 is 24.1 Å². The van der Waals surface area contributed by atoms with Crippen molar-refractivity contribution in [3.05, 3.63) is 23.8 Å². The molecule has 2 fully saturated rings. The molecule has 0 bridgehead atoms. The van der Waals surface area contributed by atoms with Crippen LogP contribution in [-0.2, 0) is 11.3 Å². The SMILES string of the molecule is C[C@H](C(=O)NC1CC1)[NH+]1CC[NH+](Cc2ccc3c(c2)OCO3)CC1. The predicted molar refractivity (Wildman–Crippen MR) is 88.3 cm³/mol. The van der Waals surface area contributed by atoms with Gasteiger partial charge in [0, 0.05) is 11.6 Å². The molecule has 2 aliphatic heterocycles. The van der Waals surface area contributed by atoms with Gasteiger partial charge in [0.25, 0.3) is 5.91 Å². The highest BCUT2D eigenvalue weighted by molar-refractivity contribution is 5.80. The fourth-order valence-electron chi connectivity index (χ4n) is 3.61. The van der Waals surface area contributed by atoms with E-state index in [0.717, 1.165) is 57.1 Å². The summed E-state index contributed by atoms with van der Waals surface area (Å²) in [4.78, 5) is 15.2. The van der Waals surface area contributed by atoms with Crippen LogP contribution >= 0.6 is 0 Å². The lowest BCUT2D eigenvalue weighted by atomic mass is 10.1. The molecule has 0 aromatic heterocycles. The monoisotopic (exact) mass is 333 g/mol. The minimum atomic E-state index is 0.0673. The Labute approximate surface area is 142 Å². The van der Waals surface area contributed by atoms with Gasteiger partial charge < -0.3 is 24.6 Å². The normalized spacial score (nSPS) is 26.9. The lowest BCUT2D eigenvalue weighted by molar-refractivity contribution is -1.02. The van der Waals surface area contributed by atoms with E-state index in [2.05, 4.69) is 24.4 Å². The highest BCUT2D eigenvalue weighted by Crippen LogP contribution is 2.32. The van der Waals surface area contributed by atoms with Crippen molar-refractivity contribution in [1.82, 2.24) is 5.32 Å². The standard InChI is InChI=1S/C18H25N3O3/c1-13(18(22)19-15-3-4-15)21-8-6-20(7-9-21)11-14-2-5-16-17(10-14)24-12-23-16/h2,5,10,13,15H,3-4,6-9,11-12H2,1H3,(H,19,22)/p+2/t13-/m1/s1. The van der Waals surface area contributed by atoms with E-state index in [-0.39, 0.29) is 11.9 Å². The largest absolute Gasteiger partial charge is 0.454 e. The summed E-state index contributed by atoms with van der Waals surface area (Å²) in [7, 11) is 0. The smallest absolute Gasteiger partial charge is 0.278 e. The van der Waals surface area contributed by atoms with E-state index in [1.54, 1.807) is 4.90 Å². The van der Waals surface area contributed by atoms with Gasteiger partial charge in [-0.15, -0.1) is 0 Å². The molecule has 2 heterocycles. The second kappa shape index (κ2) is 6.61. The van der Waals surface area contributed by atoms with Crippen LogP contribution in [0.2, 0.25) is 0 Å². The minimum absolute atomic E-state index is 0.0673. The number of rotatable bonds is 5. The molecule has 130 valence electrons. The third-order valence-electron chi connectivity index (χ3n) is 5.42. The maximum atomic E-state index is 12.2. The van der Waals surface area contributed by atoms with Crippen molar-refractivity contribution in [2.45, 2.75) is 38.4 Å². The van der Waals surface area contributed by atoms with Crippen LogP contribution in [0.5, 0.6) is 11.5 Å². The van der Waals surface area contributed by atoms with E-state index < -0.39 is 0 Å². The van der Waals surface area contributed by atoms with Crippen LogP contribution in [0, 0.1) is 0 Å². The lowest BCUT2D eigenvalue weighted by Crippen LogP contribution is -3.29. The molecule has 1 saturated heterocycles. The number of nitrogens with one attached hydrogen (secondary N) is 3. The maximum Gasteiger partial charge on any atom is 0.278 e. The fraction of sp³-hybridized carbons (Fsp3) is 0.611. The summed E-state index contributed by atoms with van der Waals surface area (Å²) in [5, 5.41) is 3.13. The zero-order valence-corrected chi connectivity index (χ0v) is 14.3. The number of quaternary nitrogens is 2. The van der Waals surface area contributed by atoms with Crippen molar-refractivity contribution in [3.63, 3.8) is 0 Å². The summed E-state index contributed by atoms with van der Waals surface area (Å²) in [6, 6.07) is 6.75. The van der Waals surface area contributed by atoms with E-state index in [9.17, 15) is 4.79 Å². The number of amides is 1. The summed E-state index contributed by atoms with van der Waals surface area (Å²) in [6.07, 6.45) is 2.31. The Balaban J connectivity index is 1.27. The average Bonchev–Trinajstić information content (AvgIpc) is 3.29. The molecule has 3 N–H and O–H groups in total. The highest BCUT2D eigenvalue weighted by Gasteiger charge is 2.33. The quantitative estimate of drug-likeness (QED) is 0.606. The molecule has 1 saturated carbocycles. The number of hydrogen-bond acceptors (Lipinski definition) is 3. The van der Waals surface area contributed by atoms with E-state index >= 15 is 0 Å². The van der Waals surface area contributed by atoms with Crippen LogP contribution in [0.3, 0.4) is 0 Å². The number of fused-ring (bicyclic) bond motifs is 1. The number of carbonyl (C=O) groups excluding carboxylic acids is 1. The molecule has 0 spiro atoms. The Kier molecular flexibility index (Phi) is 4.33. The van der Waals surface area contributed by atoms with Crippen LogP contribution in [-0.4, -0.2) is 51.0 Å². The molecule has 4 rings (SSSR count). The van der Waals surface area contributed by atoms with Gasteiger partial charge in [-0.2, -0.15) is 0 Å². The predicted octanol–water partition coefficient (Wildman–Crippen LogP) is -1.63. The van der Waals surface area contributed by atoms with Crippen LogP contribution in [0.4, 0.5) is 0 Å². The van der Waals surface area contributed by atoms with Gasteiger partial charge in [0.1, 0.15) is 32.7 Å². The third-order valence-corrected chi connectivity index (χ3v) is 5.42. The summed E-state index contributed by atoms with van der Waals surface area (Å²) in [5.41, 5.74) is 1.29. The molecule has 1 aliphatic carbocycles. The van der Waals surface area contributed by atoms with Crippen molar-refractivity contribution >= 4 is 5.91 Å². The van der Waals surface area contributed by atoms with Crippen LogP contribution in [0.25, 0.3) is 0 Å². The second-order valence-corrected chi connectivity index (χ2v) is 7.28. The fourth-order valence-corrected chi connectivity index (χ4v) is 3.61. The van der Waals surface area contributed by atoms with Gasteiger partial charge in [-0.05, 0) is 38.0 Å². The van der Waals surface area contributed by atoms with Crippen LogP contribution < -0.4 is 24.6 Å². The first kappa shape index (κ1) is 15.7. The van der Waals surface area contributed by atoms with Gasteiger partial charge in [0.05, 0.1) is 0 Å². The van der Waals surface area contributed by atoms with Gasteiger partial charge in [-0.1, -0.05) is 0 Å². The van der Waals surface area contributed by atoms with E-state index in [1.807, 2.05) is 6.07 Å². The van der Waals surface area contributed by atoms with E-state index in [0.29, 0.717) is 12.8 Å². The van der Waals surface area contributed by atoms with Gasteiger partial charge in [-0.25, -0.2) is 0 Å². The van der Waals surface area contributed by atoms with Gasteiger partial charge in [0.15, 0.2) is 17.5 Å². The zero-order valence-electron chi connectivity index (χ0n) is 14.3. The molecule has 0 unspecified atom stereocenters. The molecule has 6 nitrogen and oxygen atoms in total. The Bertz CT molecular complexity index is 610. The van der Waals surface area contributed by atoms with E-state index in [4.69, 9.17) is 9.47 Å². The molecule has 1 amide bonds. The number of benzene rings is 1. The second-order valence-electron chi connectivity index (χ2n) is 7.28. The highest BCUT2D eigenvalue weighted by atomic mass is 16.7. The Morgan fingerprint density at radius 2 is 1.96 bits per heavy atom. The molecular weight excluding hydrogens is 306 g/mol. The first-order valence-corrected chi connectivity index (χ1v) is 9.06. The van der Waals surface area contributed by atoms with Crippen LogP contribution in [0.15, 0.2) is 18.2 Å². The van der Waals surface area contributed by atoms with Crippen molar-refractivity contribution in [3.8, 4) is 11.5 Å². The molecule has 1 aromatic rings. The molecule has 0 radical (unpaired) electrons. The number of ether oxygens (including phenoxy) is 2. The summed E-state index contributed by atoms with van der Waals surface area (Å²) in [5.74, 6) is 1.94. The number of carbonyl (C=O) groups is 1. The summed E-state index contributed by atoms with van der Waals surface area (Å²) in [6.45, 7) is 7.71. The summed E-state index contributed by atoms with van der Waals surface area (Å²) >= 11 is 0. The minimum Gasteiger partial charge on any atom is -0.454 e. The molecule has 6 heteroatoms. The lowest BCUT2D eigenvalue weighted by Gasteiger charge is -2.32. The third kappa shape index (κ3) is 3.49. The first-order valence-electron chi connectivity index (χ1n) is 9.06. The Hall–Kier alpha value is -1.79. The number of hydrogen-bond donors (Lipinski definition) is 3. The van der Waals surface area contributed by atoms with Gasteiger partial charge >= 0.3 is 0 Å². The molecule has 1 atom stereocenters. The summed E-state index contributed by atoms with van der Waals surface area (Å²) < 4.78 is 10.8. The van der Waals surface area contributed by atoms with E-state index in [1.165, 1.54) is 10.5 Å². The van der Waals surface area contributed by atoms with Gasteiger partial charge in [0.2, 0.25) is 6.79 Å². The number of piperazine rings is 1. The van der Waals surface area contributed by atoms with Crippen LogP contribution in [0.1, 0.15) is 25.3 Å². The van der Waals surface area contributed by atoms with Crippen molar-refractivity contribution in [2.75, 3.05) is 33.0 Å². The molecule has 1 aromatic carbocycles.